The van der Waals surface area contributed by atoms with Gasteiger partial charge in [0.1, 0.15) is 0 Å². The minimum absolute atomic E-state index is 0.460. The summed E-state index contributed by atoms with van der Waals surface area (Å²) < 4.78 is 0. The van der Waals surface area contributed by atoms with E-state index < -0.39 is 5.41 Å². The Bertz CT molecular complexity index is 2210. The number of rotatable bonds is 4. The summed E-state index contributed by atoms with van der Waals surface area (Å²) in [5.74, 6) is 0. The third-order valence-corrected chi connectivity index (χ3v) is 9.78. The Morgan fingerprint density at radius 2 is 0.822 bits per heavy atom. The zero-order valence-corrected chi connectivity index (χ0v) is 25.2. The SMILES string of the molecule is Clc1ccc2c(c1)C1(c3ccccc3-2)c2ccccc2-c2ccc(N(c3ccccc3)c3ccc(-c4ccccc4)cc3)cc21. The first-order valence-electron chi connectivity index (χ1n) is 15.4. The van der Waals surface area contributed by atoms with Gasteiger partial charge >= 0.3 is 0 Å². The largest absolute Gasteiger partial charge is 0.310 e. The molecule has 1 atom stereocenters. The fourth-order valence-electron chi connectivity index (χ4n) is 7.70. The van der Waals surface area contributed by atoms with Crippen molar-refractivity contribution in [3.05, 3.63) is 197 Å². The summed E-state index contributed by atoms with van der Waals surface area (Å²) in [6, 6.07) is 61.3. The van der Waals surface area contributed by atoms with Crippen molar-refractivity contribution in [1.29, 1.82) is 0 Å². The van der Waals surface area contributed by atoms with Gasteiger partial charge in [0, 0.05) is 22.1 Å². The van der Waals surface area contributed by atoms with E-state index in [-0.39, 0.29) is 0 Å². The number of anilines is 3. The van der Waals surface area contributed by atoms with E-state index in [1.807, 2.05) is 6.07 Å². The van der Waals surface area contributed by atoms with Gasteiger partial charge in [0.25, 0.3) is 0 Å². The molecule has 0 aliphatic heterocycles. The second kappa shape index (κ2) is 10.1. The van der Waals surface area contributed by atoms with Crippen molar-refractivity contribution in [3.63, 3.8) is 0 Å². The monoisotopic (exact) mass is 593 g/mol. The van der Waals surface area contributed by atoms with Crippen molar-refractivity contribution < 1.29 is 0 Å². The molecule has 212 valence electrons. The molecule has 2 aliphatic rings. The van der Waals surface area contributed by atoms with Crippen molar-refractivity contribution in [3.8, 4) is 33.4 Å². The van der Waals surface area contributed by atoms with Crippen molar-refractivity contribution in [2.75, 3.05) is 4.90 Å². The van der Waals surface area contributed by atoms with E-state index in [2.05, 4.69) is 169 Å². The number of halogens is 1. The first kappa shape index (κ1) is 26.1. The predicted molar refractivity (Wildman–Crippen MR) is 188 cm³/mol. The van der Waals surface area contributed by atoms with Gasteiger partial charge in [0.2, 0.25) is 0 Å². The highest BCUT2D eigenvalue weighted by Crippen LogP contribution is 2.63. The standard InChI is InChI=1S/C43H28ClN/c44-31-21-25-37-35-15-7-9-17-39(35)43(41(37)27-31)40-18-10-8-16-36(40)38-26-24-34(28-42(38)43)45(32-13-5-2-6-14-32)33-22-19-30(20-23-33)29-11-3-1-4-12-29/h1-28H. The normalized spacial score (nSPS) is 15.3. The van der Waals surface area contributed by atoms with E-state index >= 15 is 0 Å². The van der Waals surface area contributed by atoms with Gasteiger partial charge in [-0.1, -0.05) is 133 Å². The Morgan fingerprint density at radius 3 is 1.49 bits per heavy atom. The van der Waals surface area contributed by atoms with Crippen LogP contribution in [0.15, 0.2) is 170 Å². The molecule has 0 radical (unpaired) electrons. The second-order valence-electron chi connectivity index (χ2n) is 11.8. The molecule has 1 spiro atoms. The summed E-state index contributed by atoms with van der Waals surface area (Å²) in [4.78, 5) is 2.37. The van der Waals surface area contributed by atoms with Gasteiger partial charge in [-0.25, -0.2) is 0 Å². The molecular formula is C43H28ClN. The lowest BCUT2D eigenvalue weighted by molar-refractivity contribution is 0.793. The first-order chi connectivity index (χ1) is 22.2. The maximum Gasteiger partial charge on any atom is 0.0726 e. The van der Waals surface area contributed by atoms with E-state index in [1.54, 1.807) is 0 Å². The minimum atomic E-state index is -0.460. The topological polar surface area (TPSA) is 3.24 Å². The quantitative estimate of drug-likeness (QED) is 0.196. The maximum absolute atomic E-state index is 6.77. The molecular weight excluding hydrogens is 566 g/mol. The summed E-state index contributed by atoms with van der Waals surface area (Å²) in [7, 11) is 0. The molecule has 0 saturated carbocycles. The molecule has 0 aromatic heterocycles. The van der Waals surface area contributed by atoms with Crippen LogP contribution < -0.4 is 4.90 Å². The Balaban J connectivity index is 1.29. The summed E-state index contributed by atoms with van der Waals surface area (Å²) in [5, 5.41) is 0.757. The Labute approximate surface area is 268 Å². The van der Waals surface area contributed by atoms with Crippen molar-refractivity contribution in [2.45, 2.75) is 5.41 Å². The zero-order valence-electron chi connectivity index (χ0n) is 24.5. The smallest absolute Gasteiger partial charge is 0.0726 e. The van der Waals surface area contributed by atoms with Crippen LogP contribution in [-0.4, -0.2) is 0 Å². The molecule has 45 heavy (non-hydrogen) atoms. The molecule has 9 rings (SSSR count). The molecule has 1 unspecified atom stereocenters. The highest BCUT2D eigenvalue weighted by atomic mass is 35.5. The van der Waals surface area contributed by atoms with Gasteiger partial charge in [-0.3, -0.25) is 0 Å². The third-order valence-electron chi connectivity index (χ3n) is 9.54. The summed E-state index contributed by atoms with van der Waals surface area (Å²) in [6.45, 7) is 0. The van der Waals surface area contributed by atoms with Gasteiger partial charge < -0.3 is 4.90 Å². The molecule has 2 heteroatoms. The average Bonchev–Trinajstić information content (AvgIpc) is 3.56. The van der Waals surface area contributed by atoms with Crippen molar-refractivity contribution in [1.82, 2.24) is 0 Å². The number of hydrogen-bond donors (Lipinski definition) is 0. The molecule has 1 nitrogen and oxygen atoms in total. The van der Waals surface area contributed by atoms with Crippen LogP contribution in [0.25, 0.3) is 33.4 Å². The highest BCUT2D eigenvalue weighted by molar-refractivity contribution is 6.30. The lowest BCUT2D eigenvalue weighted by Crippen LogP contribution is -2.26. The molecule has 7 aromatic carbocycles. The maximum atomic E-state index is 6.77. The fourth-order valence-corrected chi connectivity index (χ4v) is 7.87. The van der Waals surface area contributed by atoms with Crippen LogP contribution in [-0.2, 0) is 5.41 Å². The van der Waals surface area contributed by atoms with Gasteiger partial charge in [0.05, 0.1) is 5.41 Å². The van der Waals surface area contributed by atoms with Crippen LogP contribution in [0.2, 0.25) is 5.02 Å². The molecule has 2 aliphatic carbocycles. The average molecular weight is 594 g/mol. The van der Waals surface area contributed by atoms with E-state index in [0.29, 0.717) is 0 Å². The zero-order chi connectivity index (χ0) is 30.0. The van der Waals surface area contributed by atoms with Crippen molar-refractivity contribution >= 4 is 28.7 Å². The predicted octanol–water partition coefficient (Wildman–Crippen LogP) is 11.8. The number of benzene rings is 7. The molecule has 0 fully saturated rings. The number of nitrogens with zero attached hydrogens (tertiary/aromatic N) is 1. The first-order valence-corrected chi connectivity index (χ1v) is 15.8. The van der Waals surface area contributed by atoms with E-state index in [1.165, 1.54) is 55.6 Å². The summed E-state index contributed by atoms with van der Waals surface area (Å²) in [6.07, 6.45) is 0. The van der Waals surface area contributed by atoms with Gasteiger partial charge in [-0.05, 0) is 104 Å². The summed E-state index contributed by atoms with van der Waals surface area (Å²) in [5.41, 5.74) is 15.5. The number of para-hydroxylation sites is 1. The third kappa shape index (κ3) is 3.81. The van der Waals surface area contributed by atoms with Gasteiger partial charge in [-0.15, -0.1) is 0 Å². The van der Waals surface area contributed by atoms with Gasteiger partial charge in [-0.2, -0.15) is 0 Å². The van der Waals surface area contributed by atoms with Crippen LogP contribution in [0.4, 0.5) is 17.1 Å². The van der Waals surface area contributed by atoms with E-state index in [9.17, 15) is 0 Å². The molecule has 0 bridgehead atoms. The van der Waals surface area contributed by atoms with Gasteiger partial charge in [0.15, 0.2) is 0 Å². The molecule has 0 heterocycles. The molecule has 0 N–H and O–H groups in total. The second-order valence-corrected chi connectivity index (χ2v) is 12.3. The van der Waals surface area contributed by atoms with Crippen LogP contribution in [0.3, 0.4) is 0 Å². The highest BCUT2D eigenvalue weighted by Gasteiger charge is 2.51. The van der Waals surface area contributed by atoms with Crippen LogP contribution in [0.1, 0.15) is 22.3 Å². The molecule has 7 aromatic rings. The molecule has 0 amide bonds. The summed E-state index contributed by atoms with van der Waals surface area (Å²) >= 11 is 6.77. The van der Waals surface area contributed by atoms with Crippen LogP contribution in [0.5, 0.6) is 0 Å². The molecule has 0 saturated heterocycles. The van der Waals surface area contributed by atoms with Crippen LogP contribution >= 0.6 is 11.6 Å². The minimum Gasteiger partial charge on any atom is -0.310 e. The van der Waals surface area contributed by atoms with Crippen molar-refractivity contribution in [2.24, 2.45) is 0 Å². The van der Waals surface area contributed by atoms with Crippen LogP contribution in [0, 0.1) is 0 Å². The number of fused-ring (bicyclic) bond motifs is 10. The Morgan fingerprint density at radius 1 is 0.356 bits per heavy atom. The lowest BCUT2D eigenvalue weighted by Gasteiger charge is -2.32. The lowest BCUT2D eigenvalue weighted by atomic mass is 9.70. The number of hydrogen-bond acceptors (Lipinski definition) is 1. The van der Waals surface area contributed by atoms with E-state index in [4.69, 9.17) is 11.6 Å². The Hall–Kier alpha value is -5.37. The van der Waals surface area contributed by atoms with E-state index in [0.717, 1.165) is 22.1 Å². The Kier molecular flexibility index (Phi) is 5.84. The fraction of sp³-hybridized carbons (Fsp3) is 0.0233.